The topological polar surface area (TPSA) is 42.0 Å². The van der Waals surface area contributed by atoms with Gasteiger partial charge in [-0.15, -0.1) is 0 Å². The van der Waals surface area contributed by atoms with Crippen LogP contribution in [0.3, 0.4) is 0 Å². The van der Waals surface area contributed by atoms with E-state index in [1.54, 1.807) is 7.11 Å². The molecule has 0 saturated carbocycles. The summed E-state index contributed by atoms with van der Waals surface area (Å²) < 4.78 is 10.9. The van der Waals surface area contributed by atoms with Crippen molar-refractivity contribution < 1.29 is 14.3 Å². The van der Waals surface area contributed by atoms with Crippen molar-refractivity contribution in [2.45, 2.75) is 25.9 Å². The highest BCUT2D eigenvalue weighted by molar-refractivity contribution is 5.99. The maximum atomic E-state index is 12.5. The summed E-state index contributed by atoms with van der Waals surface area (Å²) in [5.74, 6) is 1.70. The van der Waals surface area contributed by atoms with E-state index in [9.17, 15) is 4.79 Å². The van der Waals surface area contributed by atoms with Crippen LogP contribution in [0.5, 0.6) is 11.5 Å². The summed E-state index contributed by atoms with van der Waals surface area (Å²) in [5.41, 5.74) is 2.18. The second-order valence-corrected chi connectivity index (χ2v) is 6.97. The number of rotatable bonds is 8. The first-order valence-electron chi connectivity index (χ1n) is 9.47. The fourth-order valence-electron chi connectivity index (χ4n) is 3.32. The van der Waals surface area contributed by atoms with E-state index in [0.717, 1.165) is 43.1 Å². The van der Waals surface area contributed by atoms with Gasteiger partial charge in [-0.1, -0.05) is 24.3 Å². The molecule has 1 amide bonds. The van der Waals surface area contributed by atoms with Gasteiger partial charge in [0.2, 0.25) is 0 Å². The molecule has 1 aliphatic heterocycles. The Morgan fingerprint density at radius 1 is 1.11 bits per heavy atom. The molecule has 0 bridgehead atoms. The lowest BCUT2D eigenvalue weighted by Crippen LogP contribution is -2.47. The molecular weight excluding hydrogens is 340 g/mol. The Morgan fingerprint density at radius 3 is 2.59 bits per heavy atom. The highest BCUT2D eigenvalue weighted by Crippen LogP contribution is 2.33. The Bertz CT molecular complexity index is 760. The van der Waals surface area contributed by atoms with Crippen LogP contribution in [-0.2, 0) is 11.2 Å². The van der Waals surface area contributed by atoms with Gasteiger partial charge < -0.3 is 19.3 Å². The first-order valence-corrected chi connectivity index (χ1v) is 9.47. The summed E-state index contributed by atoms with van der Waals surface area (Å²) in [7, 11) is 3.79. The number of hydrogen-bond donors (Lipinski definition) is 0. The molecule has 0 spiro atoms. The molecule has 0 saturated heterocycles. The average Bonchev–Trinajstić information content (AvgIpc) is 2.69. The number of nitrogens with zero attached hydrogens (tertiary/aromatic N) is 2. The van der Waals surface area contributed by atoms with Crippen molar-refractivity contribution in [3.63, 3.8) is 0 Å². The molecule has 0 radical (unpaired) electrons. The fourth-order valence-corrected chi connectivity index (χ4v) is 3.32. The number of ether oxygens (including phenoxy) is 2. The van der Waals surface area contributed by atoms with Crippen molar-refractivity contribution in [2.75, 3.05) is 38.7 Å². The first-order chi connectivity index (χ1) is 13.1. The quantitative estimate of drug-likeness (QED) is 0.716. The van der Waals surface area contributed by atoms with Crippen LogP contribution in [0, 0.1) is 0 Å². The number of aryl methyl sites for hydroxylation is 1. The number of anilines is 1. The van der Waals surface area contributed by atoms with Gasteiger partial charge in [0.25, 0.3) is 5.91 Å². The summed E-state index contributed by atoms with van der Waals surface area (Å²) >= 11 is 0. The normalized spacial score (nSPS) is 16.2. The Morgan fingerprint density at radius 2 is 1.85 bits per heavy atom. The molecule has 1 atom stereocenters. The second kappa shape index (κ2) is 8.91. The molecule has 1 aliphatic rings. The van der Waals surface area contributed by atoms with Crippen LogP contribution in [0.15, 0.2) is 48.5 Å². The predicted molar refractivity (Wildman–Crippen MR) is 108 cm³/mol. The Hall–Kier alpha value is -2.53. The maximum Gasteiger partial charge on any atom is 0.267 e. The van der Waals surface area contributed by atoms with E-state index >= 15 is 0 Å². The van der Waals surface area contributed by atoms with Crippen molar-refractivity contribution in [3.05, 3.63) is 54.1 Å². The second-order valence-electron chi connectivity index (χ2n) is 6.97. The number of hydrogen-bond acceptors (Lipinski definition) is 4. The van der Waals surface area contributed by atoms with Gasteiger partial charge in [0.1, 0.15) is 11.5 Å². The zero-order valence-corrected chi connectivity index (χ0v) is 16.4. The molecule has 3 rings (SSSR count). The van der Waals surface area contributed by atoms with E-state index in [1.807, 2.05) is 48.2 Å². The molecular formula is C22H28N2O3. The molecule has 27 heavy (non-hydrogen) atoms. The number of carbonyl (C=O) groups excluding carboxylic acids is 1. The molecule has 0 N–H and O–H groups in total. The van der Waals surface area contributed by atoms with E-state index in [0.29, 0.717) is 6.54 Å². The predicted octanol–water partition coefficient (Wildman–Crippen LogP) is 3.37. The van der Waals surface area contributed by atoms with E-state index in [4.69, 9.17) is 9.47 Å². The summed E-state index contributed by atoms with van der Waals surface area (Å²) in [6.07, 6.45) is 1.68. The summed E-state index contributed by atoms with van der Waals surface area (Å²) in [4.78, 5) is 16.7. The molecule has 2 aromatic rings. The van der Waals surface area contributed by atoms with Crippen LogP contribution < -0.4 is 14.4 Å². The summed E-state index contributed by atoms with van der Waals surface area (Å²) in [5, 5.41) is 0. The van der Waals surface area contributed by atoms with Crippen molar-refractivity contribution >= 4 is 11.6 Å². The van der Waals surface area contributed by atoms with Crippen molar-refractivity contribution in [3.8, 4) is 11.5 Å². The zero-order chi connectivity index (χ0) is 19.2. The van der Waals surface area contributed by atoms with Gasteiger partial charge >= 0.3 is 0 Å². The van der Waals surface area contributed by atoms with E-state index in [1.165, 1.54) is 5.56 Å². The number of carbonyl (C=O) groups is 1. The number of fused-ring (bicyclic) bond motifs is 1. The third-order valence-electron chi connectivity index (χ3n) is 4.94. The van der Waals surface area contributed by atoms with Crippen LogP contribution in [0.4, 0.5) is 5.69 Å². The van der Waals surface area contributed by atoms with Crippen LogP contribution in [-0.4, -0.2) is 50.7 Å². The number of amides is 1. The van der Waals surface area contributed by atoms with Crippen LogP contribution >= 0.6 is 0 Å². The summed E-state index contributed by atoms with van der Waals surface area (Å²) in [6.45, 7) is 4.30. The van der Waals surface area contributed by atoms with Gasteiger partial charge in [-0.2, -0.15) is 0 Å². The molecule has 2 aromatic carbocycles. The van der Waals surface area contributed by atoms with E-state index in [-0.39, 0.29) is 5.91 Å². The molecule has 1 unspecified atom stereocenters. The van der Waals surface area contributed by atoms with Gasteiger partial charge in [0.05, 0.1) is 12.8 Å². The van der Waals surface area contributed by atoms with Crippen molar-refractivity contribution in [1.29, 1.82) is 0 Å². The SMILES string of the molecule is COc1ccc(CCCN(C)CCN2C(=O)C(C)Oc3ccccc32)cc1. The Balaban J connectivity index is 1.48. The van der Waals surface area contributed by atoms with Gasteiger partial charge in [0.15, 0.2) is 6.10 Å². The third kappa shape index (κ3) is 4.80. The highest BCUT2D eigenvalue weighted by Gasteiger charge is 2.30. The first kappa shape index (κ1) is 19.2. The molecule has 5 heteroatoms. The minimum Gasteiger partial charge on any atom is -0.497 e. The van der Waals surface area contributed by atoms with Gasteiger partial charge in [-0.05, 0) is 63.2 Å². The van der Waals surface area contributed by atoms with Crippen molar-refractivity contribution in [2.24, 2.45) is 0 Å². The van der Waals surface area contributed by atoms with E-state index in [2.05, 4.69) is 24.1 Å². The molecule has 0 fully saturated rings. The van der Waals surface area contributed by atoms with Gasteiger partial charge in [-0.25, -0.2) is 0 Å². The fraction of sp³-hybridized carbons (Fsp3) is 0.409. The van der Waals surface area contributed by atoms with Crippen LogP contribution in [0.1, 0.15) is 18.9 Å². The number of benzene rings is 2. The standard InChI is InChI=1S/C22H28N2O3/c1-17-22(25)24(20-8-4-5-9-21(20)27-17)16-15-23(2)14-6-7-18-10-12-19(26-3)13-11-18/h4-5,8-13,17H,6-7,14-16H2,1-3H3. The molecule has 144 valence electrons. The third-order valence-corrected chi connectivity index (χ3v) is 4.94. The minimum absolute atomic E-state index is 0.0281. The van der Waals surface area contributed by atoms with Gasteiger partial charge in [-0.3, -0.25) is 4.79 Å². The zero-order valence-electron chi connectivity index (χ0n) is 16.4. The lowest BCUT2D eigenvalue weighted by Gasteiger charge is -2.34. The lowest BCUT2D eigenvalue weighted by molar-refractivity contribution is -0.125. The smallest absolute Gasteiger partial charge is 0.267 e. The highest BCUT2D eigenvalue weighted by atomic mass is 16.5. The minimum atomic E-state index is -0.430. The molecule has 1 heterocycles. The Labute approximate surface area is 161 Å². The lowest BCUT2D eigenvalue weighted by atomic mass is 10.1. The number of para-hydroxylation sites is 2. The number of likely N-dealkylation sites (N-methyl/N-ethyl adjacent to an activating group) is 1. The Kier molecular flexibility index (Phi) is 6.35. The largest absolute Gasteiger partial charge is 0.497 e. The average molecular weight is 368 g/mol. The maximum absolute atomic E-state index is 12.5. The summed E-state index contributed by atoms with van der Waals surface area (Å²) in [6, 6.07) is 16.0. The molecule has 0 aliphatic carbocycles. The van der Waals surface area contributed by atoms with Crippen LogP contribution in [0.2, 0.25) is 0 Å². The van der Waals surface area contributed by atoms with Crippen molar-refractivity contribution in [1.82, 2.24) is 4.90 Å². The monoisotopic (exact) mass is 368 g/mol. The van der Waals surface area contributed by atoms with Crippen LogP contribution in [0.25, 0.3) is 0 Å². The van der Waals surface area contributed by atoms with E-state index < -0.39 is 6.10 Å². The molecule has 5 nitrogen and oxygen atoms in total. The number of methoxy groups -OCH3 is 1. The van der Waals surface area contributed by atoms with Gasteiger partial charge in [0, 0.05) is 13.1 Å². The molecule has 0 aromatic heterocycles.